The predicted molar refractivity (Wildman–Crippen MR) is 109 cm³/mol. The van der Waals surface area contributed by atoms with Crippen molar-refractivity contribution in [1.82, 2.24) is 20.0 Å². The van der Waals surface area contributed by atoms with Gasteiger partial charge in [0.15, 0.2) is 0 Å². The lowest BCUT2D eigenvalue weighted by atomic mass is 10.0. The van der Waals surface area contributed by atoms with Crippen LogP contribution in [0, 0.1) is 0 Å². The lowest BCUT2D eigenvalue weighted by molar-refractivity contribution is 0.0996. The number of carbonyl (C=O) groups is 1. The van der Waals surface area contributed by atoms with Gasteiger partial charge in [0.25, 0.3) is 5.91 Å². The molecule has 2 aromatic heterocycles. The van der Waals surface area contributed by atoms with Crippen LogP contribution in [0.2, 0.25) is 0 Å². The van der Waals surface area contributed by atoms with Gasteiger partial charge in [-0.2, -0.15) is 5.10 Å². The van der Waals surface area contributed by atoms with Gasteiger partial charge in [-0.25, -0.2) is 0 Å². The van der Waals surface area contributed by atoms with Gasteiger partial charge in [0, 0.05) is 23.0 Å². The lowest BCUT2D eigenvalue weighted by Gasteiger charge is -2.39. The Kier molecular flexibility index (Phi) is 5.90. The van der Waals surface area contributed by atoms with Crippen LogP contribution in [-0.2, 0) is 0 Å². The molecule has 146 valence electrons. The molecule has 6 nitrogen and oxygen atoms in total. The highest BCUT2D eigenvalue weighted by atomic mass is 32.1. The summed E-state index contributed by atoms with van der Waals surface area (Å²) in [6.07, 6.45) is 7.89. The van der Waals surface area contributed by atoms with Crippen LogP contribution in [0.15, 0.2) is 24.4 Å². The van der Waals surface area contributed by atoms with Gasteiger partial charge in [0.2, 0.25) is 0 Å². The van der Waals surface area contributed by atoms with Crippen molar-refractivity contribution < 1.29 is 4.79 Å². The molecule has 1 atom stereocenters. The number of aromatic amines is 1. The summed E-state index contributed by atoms with van der Waals surface area (Å²) in [6.45, 7) is 7.14. The average molecular weight is 388 g/mol. The van der Waals surface area contributed by atoms with E-state index in [0.29, 0.717) is 17.9 Å². The fourth-order valence-corrected chi connectivity index (χ4v) is 5.54. The quantitative estimate of drug-likeness (QED) is 0.793. The van der Waals surface area contributed by atoms with E-state index in [2.05, 4.69) is 38.3 Å². The lowest BCUT2D eigenvalue weighted by Crippen LogP contribution is -2.44. The van der Waals surface area contributed by atoms with E-state index in [9.17, 15) is 4.79 Å². The van der Waals surface area contributed by atoms with Gasteiger partial charge in [-0.1, -0.05) is 6.92 Å². The molecule has 0 aliphatic carbocycles. The molecule has 2 aromatic rings. The van der Waals surface area contributed by atoms with Crippen molar-refractivity contribution in [3.05, 3.63) is 34.2 Å². The van der Waals surface area contributed by atoms with E-state index in [1.807, 2.05) is 6.07 Å². The topological polar surface area (TPSA) is 64.3 Å². The zero-order valence-electron chi connectivity index (χ0n) is 16.0. The number of piperidine rings is 1. The van der Waals surface area contributed by atoms with E-state index in [4.69, 9.17) is 0 Å². The number of thiophene rings is 1. The summed E-state index contributed by atoms with van der Waals surface area (Å²) in [4.78, 5) is 19.9. The molecule has 2 saturated heterocycles. The Balaban J connectivity index is 1.39. The van der Waals surface area contributed by atoms with Crippen LogP contribution in [0.5, 0.6) is 0 Å². The van der Waals surface area contributed by atoms with Gasteiger partial charge in [-0.05, 0) is 70.4 Å². The first kappa shape index (κ1) is 18.7. The van der Waals surface area contributed by atoms with Gasteiger partial charge in [-0.15, -0.1) is 11.3 Å². The van der Waals surface area contributed by atoms with Crippen LogP contribution in [0.25, 0.3) is 0 Å². The average Bonchev–Trinajstić information content (AvgIpc) is 3.43. The van der Waals surface area contributed by atoms with Crippen molar-refractivity contribution in [3.8, 4) is 0 Å². The van der Waals surface area contributed by atoms with E-state index < -0.39 is 0 Å². The number of anilines is 1. The molecule has 27 heavy (non-hydrogen) atoms. The molecular weight excluding hydrogens is 358 g/mol. The Morgan fingerprint density at radius 2 is 2.11 bits per heavy atom. The number of H-pyrrole nitrogens is 1. The fourth-order valence-electron chi connectivity index (χ4n) is 4.49. The molecule has 4 rings (SSSR count). The number of nitrogens with one attached hydrogen (secondary N) is 2. The largest absolute Gasteiger partial charge is 0.306 e. The Labute approximate surface area is 164 Å². The first-order valence-electron chi connectivity index (χ1n) is 10.1. The molecule has 2 aliphatic rings. The molecule has 2 N–H and O–H groups in total. The van der Waals surface area contributed by atoms with Crippen LogP contribution in [0.1, 0.15) is 59.6 Å². The summed E-state index contributed by atoms with van der Waals surface area (Å²) in [5, 5.41) is 9.51. The number of nitrogens with zero attached hydrogens (tertiary/aromatic N) is 3. The molecule has 0 spiro atoms. The first-order valence-corrected chi connectivity index (χ1v) is 10.9. The maximum atomic E-state index is 12.5. The normalized spacial score (nSPS) is 22.3. The van der Waals surface area contributed by atoms with Crippen LogP contribution >= 0.6 is 11.3 Å². The SMILES string of the molecule is CCCN1CCC(N2CCC[C@@H]2c2ccc(C(=O)Nc3ccn[nH]3)s2)CC1. The van der Waals surface area contributed by atoms with Crippen LogP contribution < -0.4 is 5.32 Å². The van der Waals surface area contributed by atoms with Crippen molar-refractivity contribution in [1.29, 1.82) is 0 Å². The summed E-state index contributed by atoms with van der Waals surface area (Å²) in [5.74, 6) is 0.573. The van der Waals surface area contributed by atoms with E-state index in [0.717, 1.165) is 4.88 Å². The van der Waals surface area contributed by atoms with Crippen molar-refractivity contribution in [3.63, 3.8) is 0 Å². The molecule has 7 heteroatoms. The zero-order valence-corrected chi connectivity index (χ0v) is 16.8. The van der Waals surface area contributed by atoms with E-state index in [1.54, 1.807) is 23.6 Å². The molecule has 2 fully saturated rings. The Morgan fingerprint density at radius 1 is 1.26 bits per heavy atom. The molecule has 0 saturated carbocycles. The highest BCUT2D eigenvalue weighted by molar-refractivity contribution is 7.14. The number of hydrogen-bond donors (Lipinski definition) is 2. The molecule has 2 aliphatic heterocycles. The second kappa shape index (κ2) is 8.54. The van der Waals surface area contributed by atoms with Crippen molar-refractivity contribution in [2.24, 2.45) is 0 Å². The van der Waals surface area contributed by atoms with Gasteiger partial charge in [0.1, 0.15) is 5.82 Å². The highest BCUT2D eigenvalue weighted by Crippen LogP contribution is 2.39. The number of hydrogen-bond acceptors (Lipinski definition) is 5. The number of amides is 1. The van der Waals surface area contributed by atoms with Crippen molar-refractivity contribution in [2.45, 2.75) is 51.1 Å². The smallest absolute Gasteiger partial charge is 0.266 e. The van der Waals surface area contributed by atoms with Crippen molar-refractivity contribution in [2.75, 3.05) is 31.5 Å². The molecule has 1 amide bonds. The van der Waals surface area contributed by atoms with Gasteiger partial charge >= 0.3 is 0 Å². The maximum absolute atomic E-state index is 12.5. The minimum atomic E-state index is -0.0621. The third kappa shape index (κ3) is 4.25. The van der Waals surface area contributed by atoms with Gasteiger partial charge in [-0.3, -0.25) is 14.8 Å². The second-order valence-corrected chi connectivity index (χ2v) is 8.71. The number of aromatic nitrogens is 2. The molecule has 0 aromatic carbocycles. The van der Waals surface area contributed by atoms with Crippen LogP contribution in [-0.4, -0.2) is 58.1 Å². The number of likely N-dealkylation sites (tertiary alicyclic amines) is 2. The standard InChI is InChI=1S/C20H29N5OS/c1-2-11-24-13-8-15(9-14-24)25-12-3-4-16(25)17-5-6-18(27-17)20(26)22-19-7-10-21-23-19/h5-7,10,15-16H,2-4,8-9,11-14H2,1H3,(H2,21,22,23,26)/t16-/m1/s1. The molecule has 0 unspecified atom stereocenters. The minimum absolute atomic E-state index is 0.0621. The third-order valence-electron chi connectivity index (χ3n) is 5.79. The van der Waals surface area contributed by atoms with Crippen LogP contribution in [0.3, 0.4) is 0 Å². The van der Waals surface area contributed by atoms with Gasteiger partial charge in [0.05, 0.1) is 11.1 Å². The second-order valence-electron chi connectivity index (χ2n) is 7.60. The van der Waals surface area contributed by atoms with Crippen LogP contribution in [0.4, 0.5) is 5.82 Å². The third-order valence-corrected chi connectivity index (χ3v) is 6.97. The van der Waals surface area contributed by atoms with E-state index >= 15 is 0 Å². The van der Waals surface area contributed by atoms with E-state index in [-0.39, 0.29) is 5.91 Å². The monoisotopic (exact) mass is 387 g/mol. The molecular formula is C20H29N5OS. The van der Waals surface area contributed by atoms with Crippen molar-refractivity contribution >= 4 is 23.1 Å². The Morgan fingerprint density at radius 3 is 2.85 bits per heavy atom. The summed E-state index contributed by atoms with van der Waals surface area (Å²) in [5.41, 5.74) is 0. The number of rotatable bonds is 6. The van der Waals surface area contributed by atoms with E-state index in [1.165, 1.54) is 63.2 Å². The molecule has 0 radical (unpaired) electrons. The molecule has 0 bridgehead atoms. The number of carbonyl (C=O) groups excluding carboxylic acids is 1. The summed E-state index contributed by atoms with van der Waals surface area (Å²) >= 11 is 1.64. The predicted octanol–water partition coefficient (Wildman–Crippen LogP) is 3.73. The maximum Gasteiger partial charge on any atom is 0.266 e. The summed E-state index contributed by atoms with van der Waals surface area (Å²) < 4.78 is 0. The summed E-state index contributed by atoms with van der Waals surface area (Å²) in [6, 6.07) is 7.05. The Bertz CT molecular complexity index is 735. The fraction of sp³-hybridized carbons (Fsp3) is 0.600. The van der Waals surface area contributed by atoms with Gasteiger partial charge < -0.3 is 10.2 Å². The molecule has 4 heterocycles. The highest BCUT2D eigenvalue weighted by Gasteiger charge is 2.34. The zero-order chi connectivity index (χ0) is 18.6. The summed E-state index contributed by atoms with van der Waals surface area (Å²) in [7, 11) is 0. The first-order chi connectivity index (χ1) is 13.2. The minimum Gasteiger partial charge on any atom is -0.306 e. The Hall–Kier alpha value is -1.70.